The summed E-state index contributed by atoms with van der Waals surface area (Å²) >= 11 is -1.57. The minimum Gasteiger partial charge on any atom is -0.598 e. The quantitative estimate of drug-likeness (QED) is 0.124. The largest absolute Gasteiger partial charge is 0.598 e. The van der Waals surface area contributed by atoms with Crippen molar-refractivity contribution in [2.75, 3.05) is 5.32 Å². The number of nitrogens with zero attached hydrogens (tertiary/aromatic N) is 5. The summed E-state index contributed by atoms with van der Waals surface area (Å²) in [6, 6.07) is 23.6. The van der Waals surface area contributed by atoms with E-state index in [1.807, 2.05) is 39.0 Å². The number of anilines is 1. The monoisotopic (exact) mass is 737 g/mol. The molecule has 3 aromatic carbocycles. The van der Waals surface area contributed by atoms with Crippen LogP contribution in [0.3, 0.4) is 0 Å². The zero-order valence-electron chi connectivity index (χ0n) is 30.7. The zero-order valence-corrected chi connectivity index (χ0v) is 31.6. The number of carbonyl (C=O) groups is 2. The fourth-order valence-corrected chi connectivity index (χ4v) is 6.98. The van der Waals surface area contributed by atoms with Crippen LogP contribution in [0.25, 0.3) is 5.69 Å². The molecule has 0 spiro atoms. The van der Waals surface area contributed by atoms with Crippen LogP contribution >= 0.6 is 0 Å². The van der Waals surface area contributed by atoms with Crippen molar-refractivity contribution < 1.29 is 23.6 Å². The highest BCUT2D eigenvalue weighted by Crippen LogP contribution is 2.43. The molecule has 1 heterocycles. The van der Waals surface area contributed by atoms with Gasteiger partial charge in [0.1, 0.15) is 27.9 Å². The average molecular weight is 738 g/mol. The van der Waals surface area contributed by atoms with Crippen molar-refractivity contribution in [3.8, 4) is 17.8 Å². The van der Waals surface area contributed by atoms with Gasteiger partial charge in [-0.2, -0.15) is 15.6 Å². The molecule has 0 aliphatic heterocycles. The third-order valence-corrected chi connectivity index (χ3v) is 10.9. The van der Waals surface area contributed by atoms with Gasteiger partial charge in [0.2, 0.25) is 0 Å². The molecule has 0 saturated heterocycles. The lowest BCUT2D eigenvalue weighted by molar-refractivity contribution is 0.0954. The molecule has 1 aliphatic rings. The van der Waals surface area contributed by atoms with E-state index in [1.54, 1.807) is 63.2 Å². The van der Waals surface area contributed by atoms with Crippen LogP contribution < -0.4 is 10.0 Å². The van der Waals surface area contributed by atoms with Gasteiger partial charge >= 0.3 is 6.09 Å². The average Bonchev–Trinajstić information content (AvgIpc) is 3.84. The first-order chi connectivity index (χ1) is 24.9. The number of hydrogen-bond donors (Lipinski definition) is 3. The van der Waals surface area contributed by atoms with Gasteiger partial charge in [-0.3, -0.25) is 9.69 Å². The number of amides is 2. The number of carbonyl (C=O) groups excluding carboxylic acids is 1. The minimum absolute atomic E-state index is 0.0477. The Bertz CT molecular complexity index is 2070. The fourth-order valence-electron chi connectivity index (χ4n) is 6.02. The Morgan fingerprint density at radius 3 is 2.26 bits per heavy atom. The van der Waals surface area contributed by atoms with Crippen LogP contribution in [0.5, 0.6) is 0 Å². The van der Waals surface area contributed by atoms with Crippen molar-refractivity contribution in [1.29, 1.82) is 10.5 Å². The maximum absolute atomic E-state index is 15.7. The van der Waals surface area contributed by atoms with Gasteiger partial charge in [0.25, 0.3) is 5.91 Å². The molecule has 1 fully saturated rings. The van der Waals surface area contributed by atoms with Gasteiger partial charge in [-0.25, -0.2) is 13.9 Å². The molecule has 0 bridgehead atoms. The molecular weight excluding hydrogens is 694 g/mol. The lowest BCUT2D eigenvalue weighted by Gasteiger charge is -2.39. The van der Waals surface area contributed by atoms with E-state index >= 15 is 4.39 Å². The Balaban J connectivity index is 1.55. The summed E-state index contributed by atoms with van der Waals surface area (Å²) in [6.45, 7) is 11.0. The van der Waals surface area contributed by atoms with E-state index in [1.165, 1.54) is 27.8 Å². The molecule has 53 heavy (non-hydrogen) atoms. The maximum atomic E-state index is 15.7. The van der Waals surface area contributed by atoms with E-state index in [9.17, 15) is 29.8 Å². The molecule has 4 aromatic rings. The zero-order chi connectivity index (χ0) is 38.7. The fraction of sp³-hybridized carbons (Fsp3) is 0.375. The van der Waals surface area contributed by atoms with Crippen LogP contribution in [-0.4, -0.2) is 46.6 Å². The topological polar surface area (TPSA) is 170 Å². The van der Waals surface area contributed by atoms with Gasteiger partial charge in [0.05, 0.1) is 23.0 Å². The summed E-state index contributed by atoms with van der Waals surface area (Å²) in [5.74, 6) is -0.944. The summed E-state index contributed by atoms with van der Waals surface area (Å²) < 4.78 is 33.5. The van der Waals surface area contributed by atoms with E-state index in [0.29, 0.717) is 34.7 Å². The highest BCUT2D eigenvalue weighted by Gasteiger charge is 2.43. The summed E-state index contributed by atoms with van der Waals surface area (Å²) in [5, 5.41) is 36.0. The molecule has 0 radical (unpaired) electrons. The van der Waals surface area contributed by atoms with E-state index in [-0.39, 0.29) is 23.6 Å². The molecule has 276 valence electrons. The summed E-state index contributed by atoms with van der Waals surface area (Å²) in [4.78, 5) is 27.3. The molecule has 5 rings (SSSR count). The Morgan fingerprint density at radius 1 is 1.00 bits per heavy atom. The van der Waals surface area contributed by atoms with Crippen LogP contribution in [0.4, 0.5) is 14.9 Å². The van der Waals surface area contributed by atoms with Crippen molar-refractivity contribution in [3.05, 3.63) is 112 Å². The van der Waals surface area contributed by atoms with Gasteiger partial charge in [-0.15, -0.1) is 4.72 Å². The van der Waals surface area contributed by atoms with Crippen molar-refractivity contribution in [3.63, 3.8) is 0 Å². The summed E-state index contributed by atoms with van der Waals surface area (Å²) in [6.07, 6.45) is 2.42. The van der Waals surface area contributed by atoms with Crippen LogP contribution in [0, 0.1) is 34.4 Å². The summed E-state index contributed by atoms with van der Waals surface area (Å²) in [5.41, 5.74) is 0.803. The molecule has 3 N–H and O–H groups in total. The van der Waals surface area contributed by atoms with E-state index in [2.05, 4.69) is 21.2 Å². The molecule has 1 aromatic heterocycles. The van der Waals surface area contributed by atoms with Crippen molar-refractivity contribution >= 4 is 29.0 Å². The number of nitriles is 2. The predicted molar refractivity (Wildman–Crippen MR) is 201 cm³/mol. The molecule has 1 unspecified atom stereocenters. The molecular formula is C40H44FN7O4S. The van der Waals surface area contributed by atoms with Gasteiger partial charge in [-0.1, -0.05) is 43.2 Å². The van der Waals surface area contributed by atoms with Crippen LogP contribution in [0.1, 0.15) is 106 Å². The molecule has 13 heteroatoms. The molecule has 1 aliphatic carbocycles. The minimum atomic E-state index is -1.57. The SMILES string of the molecule is CC(C)(C)N(Cc1cccc(-n2nc(C#N)cc2C(=O)Nc2cc([C@](CCC3CC3)(N[S+]([O-])C(C)(C)C)c3ccc(C#N)cc3)ccc2F)c1)C(=O)O. The summed E-state index contributed by atoms with van der Waals surface area (Å²) in [7, 11) is 0. The Morgan fingerprint density at radius 2 is 1.68 bits per heavy atom. The van der Waals surface area contributed by atoms with Gasteiger partial charge in [0.15, 0.2) is 5.69 Å². The van der Waals surface area contributed by atoms with Crippen molar-refractivity contribution in [2.24, 2.45) is 5.92 Å². The first-order valence-electron chi connectivity index (χ1n) is 17.4. The van der Waals surface area contributed by atoms with E-state index in [0.717, 1.165) is 24.8 Å². The second-order valence-electron chi connectivity index (χ2n) is 15.4. The highest BCUT2D eigenvalue weighted by atomic mass is 32.2. The first kappa shape index (κ1) is 39.0. The van der Waals surface area contributed by atoms with Crippen molar-refractivity contribution in [1.82, 2.24) is 19.4 Å². The Hall–Kier alpha value is -5.21. The van der Waals surface area contributed by atoms with Crippen LogP contribution in [0.2, 0.25) is 0 Å². The lowest BCUT2D eigenvalue weighted by Crippen LogP contribution is -2.52. The number of halogens is 1. The van der Waals surface area contributed by atoms with Crippen molar-refractivity contribution in [2.45, 2.75) is 89.6 Å². The normalized spacial score (nSPS) is 14.8. The smallest absolute Gasteiger partial charge is 0.408 e. The highest BCUT2D eigenvalue weighted by molar-refractivity contribution is 7.90. The second-order valence-corrected chi connectivity index (χ2v) is 17.3. The third kappa shape index (κ3) is 9.06. The number of nitrogens with one attached hydrogen (secondary N) is 2. The molecule has 1 saturated carbocycles. The molecule has 2 amide bonds. The number of aromatic nitrogens is 2. The number of hydrogen-bond acceptors (Lipinski definition) is 7. The van der Waals surface area contributed by atoms with Gasteiger partial charge < -0.3 is 15.0 Å². The number of rotatable bonds is 12. The lowest BCUT2D eigenvalue weighted by atomic mass is 9.79. The Kier molecular flexibility index (Phi) is 11.3. The van der Waals surface area contributed by atoms with Crippen LogP contribution in [-0.2, 0) is 23.4 Å². The molecule has 11 nitrogen and oxygen atoms in total. The maximum Gasteiger partial charge on any atom is 0.408 e. The van der Waals surface area contributed by atoms with E-state index in [4.69, 9.17) is 0 Å². The number of benzene rings is 3. The molecule has 2 atom stereocenters. The number of carboxylic acid groups (broad SMARTS) is 1. The van der Waals surface area contributed by atoms with Gasteiger partial charge in [0, 0.05) is 29.5 Å². The van der Waals surface area contributed by atoms with Crippen LogP contribution in [0.15, 0.2) is 72.8 Å². The first-order valence-corrected chi connectivity index (χ1v) is 18.5. The van der Waals surface area contributed by atoms with Gasteiger partial charge in [-0.05, 0) is 113 Å². The Labute approximate surface area is 312 Å². The second kappa shape index (κ2) is 15.4. The standard InChI is InChI=1S/C40H44FN7O4S/c1-38(2,3)47(37(50)51)25-28-8-7-9-32(20-28)48-35(22-31(24-43)45-48)36(49)44-34-21-30(16-17-33(34)41)40(19-18-26-10-11-26,46-53(52)39(4,5)6)29-14-12-27(23-42)13-15-29/h7-9,12-17,20-22,26,46H,10-11,18-19,25H2,1-6H3,(H,44,49)(H,50,51)/t40-,53?/m1/s1. The van der Waals surface area contributed by atoms with E-state index < -0.39 is 45.0 Å². The third-order valence-electron chi connectivity index (χ3n) is 9.25. The predicted octanol–water partition coefficient (Wildman–Crippen LogP) is 7.77.